The molecule has 1 amide bonds. The van der Waals surface area contributed by atoms with E-state index < -0.39 is 23.3 Å². The zero-order valence-corrected chi connectivity index (χ0v) is 12.9. The molecule has 122 valence electrons. The van der Waals surface area contributed by atoms with Crippen molar-refractivity contribution in [2.45, 2.75) is 26.4 Å². The number of aromatic nitrogens is 2. The van der Waals surface area contributed by atoms with E-state index in [-0.39, 0.29) is 17.9 Å². The third-order valence-corrected chi connectivity index (χ3v) is 3.25. The number of hydrogen-bond donors (Lipinski definition) is 2. The molecule has 1 aromatic heterocycles. The monoisotopic (exact) mass is 319 g/mol. The van der Waals surface area contributed by atoms with E-state index in [1.165, 1.54) is 22.9 Å². The molecular weight excluding hydrogens is 301 g/mol. The van der Waals surface area contributed by atoms with Gasteiger partial charge in [0.2, 0.25) is 5.43 Å². The van der Waals surface area contributed by atoms with Crippen LogP contribution in [0.15, 0.2) is 35.1 Å². The minimum absolute atomic E-state index is 0.156. The molecule has 1 heterocycles. The van der Waals surface area contributed by atoms with Gasteiger partial charge < -0.3 is 10.4 Å². The molecule has 0 aliphatic heterocycles. The van der Waals surface area contributed by atoms with Crippen molar-refractivity contribution in [3.63, 3.8) is 0 Å². The first kappa shape index (κ1) is 16.8. The summed E-state index contributed by atoms with van der Waals surface area (Å²) >= 11 is 0. The largest absolute Gasteiger partial charge is 0.393 e. The molecule has 0 fully saturated rings. The van der Waals surface area contributed by atoms with Crippen LogP contribution >= 0.6 is 0 Å². The summed E-state index contributed by atoms with van der Waals surface area (Å²) in [5, 5.41) is 15.7. The maximum Gasteiger partial charge on any atom is 0.275 e. The van der Waals surface area contributed by atoms with Crippen molar-refractivity contribution in [2.24, 2.45) is 0 Å². The highest BCUT2D eigenvalue weighted by molar-refractivity contribution is 5.92. The van der Waals surface area contributed by atoms with Crippen LogP contribution in [0.5, 0.6) is 0 Å². The predicted molar refractivity (Wildman–Crippen MR) is 83.2 cm³/mol. The van der Waals surface area contributed by atoms with Crippen LogP contribution < -0.4 is 10.7 Å². The van der Waals surface area contributed by atoms with E-state index >= 15 is 0 Å². The molecular formula is C16H18FN3O3. The number of para-hydroxylation sites is 1. The van der Waals surface area contributed by atoms with E-state index in [2.05, 4.69) is 10.4 Å². The van der Waals surface area contributed by atoms with Crippen molar-refractivity contribution in [3.8, 4) is 5.69 Å². The van der Waals surface area contributed by atoms with Crippen LogP contribution in [0, 0.1) is 12.7 Å². The van der Waals surface area contributed by atoms with Crippen molar-refractivity contribution in [2.75, 3.05) is 6.54 Å². The van der Waals surface area contributed by atoms with Gasteiger partial charge >= 0.3 is 0 Å². The molecule has 2 rings (SSSR count). The Hall–Kier alpha value is -2.54. The standard InChI is InChI=1S/C16H18FN3O3/c1-10-9-14(22)15(16(23)18-8-7-11(2)21)19-20(10)13-6-4-3-5-12(13)17/h3-6,9,11,21H,7-8H2,1-2H3,(H,18,23). The van der Waals surface area contributed by atoms with Crippen LogP contribution in [0.25, 0.3) is 5.69 Å². The fourth-order valence-electron chi connectivity index (χ4n) is 2.05. The number of aliphatic hydroxyl groups excluding tert-OH is 1. The Balaban J connectivity index is 2.35. The van der Waals surface area contributed by atoms with Gasteiger partial charge in [-0.3, -0.25) is 9.59 Å². The quantitative estimate of drug-likeness (QED) is 0.867. The number of nitrogens with one attached hydrogen (secondary N) is 1. The second-order valence-corrected chi connectivity index (χ2v) is 5.26. The van der Waals surface area contributed by atoms with Crippen molar-refractivity contribution in [3.05, 3.63) is 57.8 Å². The highest BCUT2D eigenvalue weighted by atomic mass is 19.1. The lowest BCUT2D eigenvalue weighted by molar-refractivity contribution is 0.0937. The number of aliphatic hydroxyl groups is 1. The zero-order valence-electron chi connectivity index (χ0n) is 12.9. The molecule has 0 spiro atoms. The van der Waals surface area contributed by atoms with E-state index in [4.69, 9.17) is 0 Å². The third-order valence-electron chi connectivity index (χ3n) is 3.25. The van der Waals surface area contributed by atoms with Gasteiger partial charge in [-0.05, 0) is 32.4 Å². The molecule has 1 atom stereocenters. The van der Waals surface area contributed by atoms with E-state index in [0.29, 0.717) is 12.1 Å². The number of benzene rings is 1. The Morgan fingerprint density at radius 2 is 2.13 bits per heavy atom. The number of hydrogen-bond acceptors (Lipinski definition) is 4. The molecule has 6 nitrogen and oxygen atoms in total. The predicted octanol–water partition coefficient (Wildman–Crippen LogP) is 1.18. The molecule has 2 N–H and O–H groups in total. The van der Waals surface area contributed by atoms with Crippen LogP contribution in [0.4, 0.5) is 4.39 Å². The number of amides is 1. The van der Waals surface area contributed by atoms with E-state index in [0.717, 1.165) is 0 Å². The van der Waals surface area contributed by atoms with Gasteiger partial charge in [0.1, 0.15) is 11.5 Å². The molecule has 0 bridgehead atoms. The highest BCUT2D eigenvalue weighted by Crippen LogP contribution is 2.13. The van der Waals surface area contributed by atoms with Crippen molar-refractivity contribution < 1.29 is 14.3 Å². The lowest BCUT2D eigenvalue weighted by Gasteiger charge is -2.12. The Morgan fingerprint density at radius 1 is 1.43 bits per heavy atom. The van der Waals surface area contributed by atoms with Gasteiger partial charge in [-0.2, -0.15) is 5.10 Å². The fraction of sp³-hybridized carbons (Fsp3) is 0.312. The Morgan fingerprint density at radius 3 is 2.78 bits per heavy atom. The van der Waals surface area contributed by atoms with Crippen LogP contribution in [0.2, 0.25) is 0 Å². The third kappa shape index (κ3) is 4.01. The van der Waals surface area contributed by atoms with Crippen LogP contribution in [-0.2, 0) is 0 Å². The van der Waals surface area contributed by atoms with Gasteiger partial charge in [-0.15, -0.1) is 0 Å². The van der Waals surface area contributed by atoms with Gasteiger partial charge in [-0.25, -0.2) is 9.07 Å². The summed E-state index contributed by atoms with van der Waals surface area (Å²) in [4.78, 5) is 24.0. The van der Waals surface area contributed by atoms with Crippen molar-refractivity contribution in [1.82, 2.24) is 15.1 Å². The topological polar surface area (TPSA) is 84.2 Å². The van der Waals surface area contributed by atoms with Crippen molar-refractivity contribution >= 4 is 5.91 Å². The molecule has 0 aliphatic rings. The summed E-state index contributed by atoms with van der Waals surface area (Å²) in [6.45, 7) is 3.42. The molecule has 7 heteroatoms. The molecule has 2 aromatic rings. The molecule has 0 radical (unpaired) electrons. The first-order chi connectivity index (χ1) is 10.9. The maximum atomic E-state index is 13.9. The molecule has 23 heavy (non-hydrogen) atoms. The Kier molecular flexibility index (Phi) is 5.23. The summed E-state index contributed by atoms with van der Waals surface area (Å²) in [6.07, 6.45) is -0.199. The lowest BCUT2D eigenvalue weighted by atomic mass is 10.2. The number of halogens is 1. The average molecular weight is 319 g/mol. The summed E-state index contributed by atoms with van der Waals surface area (Å²) in [7, 11) is 0. The summed E-state index contributed by atoms with van der Waals surface area (Å²) in [5.74, 6) is -1.16. The van der Waals surface area contributed by atoms with Crippen LogP contribution in [0.3, 0.4) is 0 Å². The summed E-state index contributed by atoms with van der Waals surface area (Å²) in [6, 6.07) is 7.20. The maximum absolute atomic E-state index is 13.9. The number of aryl methyl sites for hydroxylation is 1. The summed E-state index contributed by atoms with van der Waals surface area (Å²) in [5.41, 5.74) is -0.280. The SMILES string of the molecule is Cc1cc(=O)c(C(=O)NCCC(C)O)nn1-c1ccccc1F. The second-order valence-electron chi connectivity index (χ2n) is 5.26. The van der Waals surface area contributed by atoms with Crippen LogP contribution in [0.1, 0.15) is 29.5 Å². The van der Waals surface area contributed by atoms with Gasteiger partial charge in [0.15, 0.2) is 5.69 Å². The first-order valence-corrected chi connectivity index (χ1v) is 7.22. The van der Waals surface area contributed by atoms with E-state index in [1.54, 1.807) is 26.0 Å². The molecule has 1 unspecified atom stereocenters. The zero-order chi connectivity index (χ0) is 17.0. The van der Waals surface area contributed by atoms with E-state index in [1.807, 2.05) is 0 Å². The fourth-order valence-corrected chi connectivity index (χ4v) is 2.05. The van der Waals surface area contributed by atoms with Gasteiger partial charge in [-0.1, -0.05) is 12.1 Å². The highest BCUT2D eigenvalue weighted by Gasteiger charge is 2.16. The lowest BCUT2D eigenvalue weighted by Crippen LogP contribution is -2.33. The first-order valence-electron chi connectivity index (χ1n) is 7.22. The van der Waals surface area contributed by atoms with Crippen molar-refractivity contribution in [1.29, 1.82) is 0 Å². The van der Waals surface area contributed by atoms with Crippen LogP contribution in [-0.4, -0.2) is 33.4 Å². The van der Waals surface area contributed by atoms with Gasteiger partial charge in [0.05, 0.1) is 6.10 Å². The summed E-state index contributed by atoms with van der Waals surface area (Å²) < 4.78 is 15.1. The Bertz CT molecular complexity index is 771. The minimum Gasteiger partial charge on any atom is -0.393 e. The number of rotatable bonds is 5. The molecule has 0 aliphatic carbocycles. The average Bonchev–Trinajstić information content (AvgIpc) is 2.48. The number of carbonyl (C=O) groups is 1. The minimum atomic E-state index is -0.652. The van der Waals surface area contributed by atoms with Gasteiger partial charge in [0, 0.05) is 18.3 Å². The normalized spacial score (nSPS) is 12.0. The Labute approximate surface area is 132 Å². The molecule has 1 aromatic carbocycles. The molecule has 0 saturated heterocycles. The number of carbonyl (C=O) groups excluding carboxylic acids is 1. The molecule has 0 saturated carbocycles. The van der Waals surface area contributed by atoms with Gasteiger partial charge in [0.25, 0.3) is 5.91 Å². The second kappa shape index (κ2) is 7.15. The van der Waals surface area contributed by atoms with E-state index in [9.17, 15) is 19.1 Å². The smallest absolute Gasteiger partial charge is 0.275 e. The number of nitrogens with zero attached hydrogens (tertiary/aromatic N) is 2.